The number of aromatic hydroxyl groups is 1. The first-order valence-electron chi connectivity index (χ1n) is 9.87. The third kappa shape index (κ3) is 4.62. The number of pyridine rings is 1. The van der Waals surface area contributed by atoms with E-state index in [1.165, 1.54) is 11.1 Å². The van der Waals surface area contributed by atoms with Crippen LogP contribution < -0.4 is 5.56 Å². The molecule has 0 fully saturated rings. The first-order valence-corrected chi connectivity index (χ1v) is 10.6. The molecule has 0 saturated heterocycles. The van der Waals surface area contributed by atoms with Crippen LogP contribution in [0.25, 0.3) is 22.0 Å². The molecule has 1 heterocycles. The van der Waals surface area contributed by atoms with Crippen LogP contribution in [0.4, 0.5) is 0 Å². The normalized spacial score (nSPS) is 11.4. The van der Waals surface area contributed by atoms with E-state index < -0.39 is 5.56 Å². The monoisotopic (exact) mass is 452 g/mol. The minimum absolute atomic E-state index is 0.148. The molecular formula is C25H22Cl2N2O2. The standard InChI is InChI=1S/C25H22Cl2N2O2/c1-29(2)14-16-8-6-15(7-9-16)10-17-4-3-5-18(11-17)22-24(30)23-20(27)12-19(26)13-21(23)28-25(22)31/h3-9,11-13H,10,14H2,1-2H3,(H2,28,30,31). The van der Waals surface area contributed by atoms with Crippen LogP contribution in [0.2, 0.25) is 10.0 Å². The Bertz CT molecular complexity index is 1310. The van der Waals surface area contributed by atoms with E-state index in [9.17, 15) is 9.90 Å². The predicted octanol–water partition coefficient (Wildman–Crippen LogP) is 5.86. The number of H-pyrrole nitrogens is 1. The average Bonchev–Trinajstić information content (AvgIpc) is 2.68. The van der Waals surface area contributed by atoms with Gasteiger partial charge in [-0.05, 0) is 54.9 Å². The lowest BCUT2D eigenvalue weighted by molar-refractivity contribution is 0.402. The number of hydrogen-bond acceptors (Lipinski definition) is 3. The molecular weight excluding hydrogens is 431 g/mol. The summed E-state index contributed by atoms with van der Waals surface area (Å²) >= 11 is 12.3. The molecule has 1 aromatic heterocycles. The van der Waals surface area contributed by atoms with Crippen LogP contribution in [0.1, 0.15) is 16.7 Å². The van der Waals surface area contributed by atoms with Crippen molar-refractivity contribution in [2.75, 3.05) is 14.1 Å². The first kappa shape index (κ1) is 21.4. The highest BCUT2D eigenvalue weighted by Gasteiger charge is 2.17. The fourth-order valence-corrected chi connectivity index (χ4v) is 4.38. The molecule has 0 aliphatic carbocycles. The molecule has 2 N–H and O–H groups in total. The lowest BCUT2D eigenvalue weighted by atomic mass is 9.98. The van der Waals surface area contributed by atoms with Crippen molar-refractivity contribution in [3.05, 3.63) is 97.8 Å². The third-order valence-electron chi connectivity index (χ3n) is 5.15. The number of aromatic amines is 1. The minimum Gasteiger partial charge on any atom is -0.506 e. The summed E-state index contributed by atoms with van der Waals surface area (Å²) in [6.07, 6.45) is 0.721. The molecule has 0 aliphatic heterocycles. The number of fused-ring (bicyclic) bond motifs is 1. The van der Waals surface area contributed by atoms with E-state index in [4.69, 9.17) is 23.2 Å². The Morgan fingerprint density at radius 3 is 2.35 bits per heavy atom. The summed E-state index contributed by atoms with van der Waals surface area (Å²) in [5, 5.41) is 11.9. The Hall–Kier alpha value is -2.79. The van der Waals surface area contributed by atoms with Gasteiger partial charge in [-0.3, -0.25) is 4.79 Å². The Morgan fingerprint density at radius 1 is 0.935 bits per heavy atom. The van der Waals surface area contributed by atoms with Gasteiger partial charge in [0.25, 0.3) is 5.56 Å². The van der Waals surface area contributed by atoms with Gasteiger partial charge in [-0.25, -0.2) is 0 Å². The lowest BCUT2D eigenvalue weighted by Crippen LogP contribution is -2.10. The second kappa shape index (κ2) is 8.75. The van der Waals surface area contributed by atoms with E-state index >= 15 is 0 Å². The second-order valence-corrected chi connectivity index (χ2v) is 8.76. The van der Waals surface area contributed by atoms with Crippen molar-refractivity contribution in [1.82, 2.24) is 9.88 Å². The Balaban J connectivity index is 1.70. The van der Waals surface area contributed by atoms with Crippen LogP contribution in [0.15, 0.2) is 65.5 Å². The fourth-order valence-electron chi connectivity index (χ4n) is 3.80. The molecule has 4 nitrogen and oxygen atoms in total. The van der Waals surface area contributed by atoms with E-state index in [0.29, 0.717) is 21.5 Å². The van der Waals surface area contributed by atoms with Crippen LogP contribution in [0.3, 0.4) is 0 Å². The molecule has 31 heavy (non-hydrogen) atoms. The van der Waals surface area contributed by atoms with Gasteiger partial charge in [-0.2, -0.15) is 0 Å². The maximum absolute atomic E-state index is 12.8. The van der Waals surface area contributed by atoms with Gasteiger partial charge < -0.3 is 15.0 Å². The van der Waals surface area contributed by atoms with Gasteiger partial charge in [0.05, 0.1) is 21.5 Å². The van der Waals surface area contributed by atoms with E-state index in [-0.39, 0.29) is 16.3 Å². The van der Waals surface area contributed by atoms with E-state index in [1.807, 2.05) is 38.4 Å². The highest BCUT2D eigenvalue weighted by molar-refractivity contribution is 6.39. The fraction of sp³-hybridized carbons (Fsp3) is 0.160. The molecule has 0 saturated carbocycles. The van der Waals surface area contributed by atoms with Gasteiger partial charge in [0, 0.05) is 11.6 Å². The zero-order chi connectivity index (χ0) is 22.1. The minimum atomic E-state index is -0.395. The van der Waals surface area contributed by atoms with Crippen molar-refractivity contribution in [1.29, 1.82) is 0 Å². The summed E-state index contributed by atoms with van der Waals surface area (Å²) in [6, 6.07) is 19.3. The van der Waals surface area contributed by atoms with Crippen molar-refractivity contribution in [2.24, 2.45) is 0 Å². The van der Waals surface area contributed by atoms with Gasteiger partial charge in [0.2, 0.25) is 0 Å². The van der Waals surface area contributed by atoms with Crippen LogP contribution in [0, 0.1) is 0 Å². The van der Waals surface area contributed by atoms with E-state index in [2.05, 4.69) is 34.1 Å². The molecule has 4 aromatic rings. The number of rotatable bonds is 5. The number of hydrogen-bond donors (Lipinski definition) is 2. The number of nitrogens with one attached hydrogen (secondary N) is 1. The smallest absolute Gasteiger partial charge is 0.260 e. The summed E-state index contributed by atoms with van der Waals surface area (Å²) in [6.45, 7) is 0.896. The van der Waals surface area contributed by atoms with Crippen molar-refractivity contribution in [3.63, 3.8) is 0 Å². The predicted molar refractivity (Wildman–Crippen MR) is 128 cm³/mol. The van der Waals surface area contributed by atoms with Gasteiger partial charge in [0.1, 0.15) is 5.75 Å². The largest absolute Gasteiger partial charge is 0.506 e. The molecule has 0 unspecified atom stereocenters. The van der Waals surface area contributed by atoms with Crippen molar-refractivity contribution in [3.8, 4) is 16.9 Å². The van der Waals surface area contributed by atoms with Gasteiger partial charge >= 0.3 is 0 Å². The van der Waals surface area contributed by atoms with Crippen LogP contribution in [-0.2, 0) is 13.0 Å². The number of benzene rings is 3. The second-order valence-electron chi connectivity index (χ2n) is 7.92. The van der Waals surface area contributed by atoms with Crippen molar-refractivity contribution in [2.45, 2.75) is 13.0 Å². The van der Waals surface area contributed by atoms with Crippen LogP contribution >= 0.6 is 23.2 Å². The zero-order valence-corrected chi connectivity index (χ0v) is 18.8. The molecule has 0 bridgehead atoms. The Kier molecular flexibility index (Phi) is 6.05. The van der Waals surface area contributed by atoms with Gasteiger partial charge in [-0.1, -0.05) is 71.7 Å². The summed E-state index contributed by atoms with van der Waals surface area (Å²) in [5.41, 5.74) is 4.31. The highest BCUT2D eigenvalue weighted by atomic mass is 35.5. The molecule has 0 spiro atoms. The summed E-state index contributed by atoms with van der Waals surface area (Å²) in [5.74, 6) is -0.148. The SMILES string of the molecule is CN(C)Cc1ccc(Cc2cccc(-c3c(O)c4c(Cl)cc(Cl)cc4[nH]c3=O)c2)cc1. The number of halogens is 2. The Morgan fingerprint density at radius 2 is 1.65 bits per heavy atom. The molecule has 6 heteroatoms. The van der Waals surface area contributed by atoms with Gasteiger partial charge in [0.15, 0.2) is 0 Å². The highest BCUT2D eigenvalue weighted by Crippen LogP contribution is 2.37. The lowest BCUT2D eigenvalue weighted by Gasteiger charge is -2.12. The van der Waals surface area contributed by atoms with Gasteiger partial charge in [-0.15, -0.1) is 0 Å². The molecule has 0 radical (unpaired) electrons. The molecule has 0 atom stereocenters. The van der Waals surface area contributed by atoms with E-state index in [1.54, 1.807) is 12.1 Å². The topological polar surface area (TPSA) is 56.3 Å². The number of aromatic nitrogens is 1. The van der Waals surface area contributed by atoms with E-state index in [0.717, 1.165) is 18.5 Å². The molecule has 0 aliphatic rings. The summed E-state index contributed by atoms with van der Waals surface area (Å²) in [7, 11) is 4.09. The zero-order valence-electron chi connectivity index (χ0n) is 17.2. The molecule has 4 rings (SSSR count). The van der Waals surface area contributed by atoms with Crippen LogP contribution in [-0.4, -0.2) is 29.1 Å². The quantitative estimate of drug-likeness (QED) is 0.398. The third-order valence-corrected chi connectivity index (χ3v) is 5.67. The number of nitrogens with zero attached hydrogens (tertiary/aromatic N) is 1. The van der Waals surface area contributed by atoms with Crippen molar-refractivity contribution < 1.29 is 5.11 Å². The summed E-state index contributed by atoms with van der Waals surface area (Å²) < 4.78 is 0. The van der Waals surface area contributed by atoms with Crippen molar-refractivity contribution >= 4 is 34.1 Å². The summed E-state index contributed by atoms with van der Waals surface area (Å²) in [4.78, 5) is 17.7. The maximum atomic E-state index is 12.8. The average molecular weight is 453 g/mol. The molecule has 158 valence electrons. The molecule has 3 aromatic carbocycles. The maximum Gasteiger partial charge on any atom is 0.260 e. The first-order chi connectivity index (χ1) is 14.8. The Labute approximate surface area is 190 Å². The van der Waals surface area contributed by atoms with Crippen LogP contribution in [0.5, 0.6) is 5.75 Å². The molecule has 0 amide bonds.